The Hall–Kier alpha value is -2.15. The van der Waals surface area contributed by atoms with E-state index in [1.807, 2.05) is 18.2 Å². The maximum absolute atomic E-state index is 11.6. The van der Waals surface area contributed by atoms with Gasteiger partial charge in [-0.25, -0.2) is 9.78 Å². The highest BCUT2D eigenvalue weighted by molar-refractivity contribution is 7.16. The average molecular weight is 293 g/mol. The fraction of sp³-hybridized carbons (Fsp3) is 0.308. The average Bonchev–Trinajstić information content (AvgIpc) is 2.89. The molecule has 2 rings (SSSR count). The van der Waals surface area contributed by atoms with Gasteiger partial charge in [0.2, 0.25) is 5.91 Å². The van der Waals surface area contributed by atoms with E-state index < -0.39 is 12.0 Å². The van der Waals surface area contributed by atoms with E-state index in [-0.39, 0.29) is 12.5 Å². The number of aromatic nitrogens is 1. The lowest BCUT2D eigenvalue weighted by molar-refractivity contribution is -0.144. The van der Waals surface area contributed by atoms with E-state index in [9.17, 15) is 9.59 Å². The number of benzene rings is 1. The van der Waals surface area contributed by atoms with Gasteiger partial charge in [-0.2, -0.15) is 0 Å². The molecule has 20 heavy (non-hydrogen) atoms. The summed E-state index contributed by atoms with van der Waals surface area (Å²) in [6.07, 6.45) is 0. The Bertz CT molecular complexity index is 626. The zero-order valence-electron chi connectivity index (χ0n) is 11.2. The maximum Gasteiger partial charge on any atom is 0.330 e. The van der Waals surface area contributed by atoms with E-state index in [4.69, 9.17) is 0 Å². The normalized spacial score (nSPS) is 11.9. The van der Waals surface area contributed by atoms with Crippen LogP contribution in [0.5, 0.6) is 0 Å². The van der Waals surface area contributed by atoms with Gasteiger partial charge in [0.25, 0.3) is 0 Å². The highest BCUT2D eigenvalue weighted by Gasteiger charge is 2.19. The molecule has 0 aliphatic heterocycles. The molecule has 0 aliphatic rings. The van der Waals surface area contributed by atoms with Crippen molar-refractivity contribution in [1.29, 1.82) is 0 Å². The van der Waals surface area contributed by atoms with Crippen molar-refractivity contribution in [1.82, 2.24) is 10.3 Å². The van der Waals surface area contributed by atoms with Gasteiger partial charge in [0, 0.05) is 19.2 Å². The van der Waals surface area contributed by atoms with E-state index >= 15 is 0 Å². The first-order valence-electron chi connectivity index (χ1n) is 6.02. The first kappa shape index (κ1) is 14.3. The molecule has 1 unspecified atom stereocenters. The van der Waals surface area contributed by atoms with Crippen LogP contribution in [-0.4, -0.2) is 36.6 Å². The van der Waals surface area contributed by atoms with Crippen molar-refractivity contribution in [2.24, 2.45) is 0 Å². The van der Waals surface area contributed by atoms with Crippen LogP contribution in [0.2, 0.25) is 0 Å². The number of nitrogens with zero attached hydrogens (tertiary/aromatic N) is 1. The van der Waals surface area contributed by atoms with Gasteiger partial charge >= 0.3 is 5.97 Å². The van der Waals surface area contributed by atoms with Crippen molar-refractivity contribution >= 4 is 39.1 Å². The molecule has 7 heteroatoms. The number of methoxy groups -OCH3 is 1. The molecular formula is C13H15N3O3S. The van der Waals surface area contributed by atoms with Crippen molar-refractivity contribution in [3.63, 3.8) is 0 Å². The number of thiazole rings is 1. The van der Waals surface area contributed by atoms with Gasteiger partial charge < -0.3 is 15.4 Å². The van der Waals surface area contributed by atoms with Gasteiger partial charge in [-0.3, -0.25) is 4.79 Å². The summed E-state index contributed by atoms with van der Waals surface area (Å²) in [5.74, 6) is -0.758. The largest absolute Gasteiger partial charge is 0.467 e. The molecule has 6 nitrogen and oxygen atoms in total. The van der Waals surface area contributed by atoms with Crippen LogP contribution >= 0.6 is 11.3 Å². The topological polar surface area (TPSA) is 80.3 Å². The Kier molecular flexibility index (Phi) is 4.52. The number of amides is 1. The van der Waals surface area contributed by atoms with Crippen LogP contribution in [0, 0.1) is 0 Å². The van der Waals surface area contributed by atoms with E-state index in [2.05, 4.69) is 20.4 Å². The fourth-order valence-corrected chi connectivity index (χ4v) is 2.48. The number of esters is 1. The number of nitrogens with one attached hydrogen (secondary N) is 2. The smallest absolute Gasteiger partial charge is 0.330 e. The molecule has 1 atom stereocenters. The number of ether oxygens (including phenoxy) is 1. The third-order valence-electron chi connectivity index (χ3n) is 2.70. The van der Waals surface area contributed by atoms with Crippen LogP contribution in [0.1, 0.15) is 6.92 Å². The van der Waals surface area contributed by atoms with Crippen molar-refractivity contribution in [3.8, 4) is 0 Å². The number of anilines is 1. The van der Waals surface area contributed by atoms with Gasteiger partial charge in [-0.15, -0.1) is 11.3 Å². The summed E-state index contributed by atoms with van der Waals surface area (Å²) in [5.41, 5.74) is 3.58. The van der Waals surface area contributed by atoms with Crippen molar-refractivity contribution in [3.05, 3.63) is 23.7 Å². The summed E-state index contributed by atoms with van der Waals surface area (Å²) < 4.78 is 5.72. The Morgan fingerprint density at radius 2 is 2.25 bits per heavy atom. The fourth-order valence-electron chi connectivity index (χ4n) is 1.77. The summed E-state index contributed by atoms with van der Waals surface area (Å²) in [6.45, 7) is 1.62. The Morgan fingerprint density at radius 3 is 2.95 bits per heavy atom. The molecule has 0 aliphatic carbocycles. The molecule has 1 aromatic heterocycles. The van der Waals surface area contributed by atoms with Crippen LogP contribution < -0.4 is 10.6 Å². The molecule has 0 radical (unpaired) electrons. The first-order valence-corrected chi connectivity index (χ1v) is 6.90. The van der Waals surface area contributed by atoms with E-state index in [1.165, 1.54) is 14.0 Å². The van der Waals surface area contributed by atoms with E-state index in [1.54, 1.807) is 16.8 Å². The van der Waals surface area contributed by atoms with Crippen LogP contribution in [0.25, 0.3) is 10.2 Å². The SMILES string of the molecule is COC(=O)C(CNc1ccc2ncsc2c1)NC(C)=O. The zero-order chi connectivity index (χ0) is 14.5. The number of carbonyl (C=O) groups is 2. The lowest BCUT2D eigenvalue weighted by Gasteiger charge is -2.16. The standard InChI is InChI=1S/C13H15N3O3S/c1-8(17)16-11(13(18)19-2)6-14-9-3-4-10-12(5-9)20-7-15-10/h3-5,7,11,14H,6H2,1-2H3,(H,16,17). The van der Waals surface area contributed by atoms with Crippen molar-refractivity contribution < 1.29 is 14.3 Å². The maximum atomic E-state index is 11.6. The molecule has 2 N–H and O–H groups in total. The van der Waals surface area contributed by atoms with Crippen LogP contribution in [0.3, 0.4) is 0 Å². The van der Waals surface area contributed by atoms with Gasteiger partial charge in [-0.05, 0) is 18.2 Å². The minimum absolute atomic E-state index is 0.260. The molecule has 0 saturated carbocycles. The molecule has 1 aromatic carbocycles. The van der Waals surface area contributed by atoms with E-state index in [0.717, 1.165) is 15.9 Å². The minimum Gasteiger partial charge on any atom is -0.467 e. The third-order valence-corrected chi connectivity index (χ3v) is 3.50. The molecule has 1 amide bonds. The minimum atomic E-state index is -0.713. The Labute approximate surface area is 120 Å². The summed E-state index contributed by atoms with van der Waals surface area (Å²) >= 11 is 1.54. The second kappa shape index (κ2) is 6.33. The molecule has 0 spiro atoms. The first-order chi connectivity index (χ1) is 9.60. The van der Waals surface area contributed by atoms with Crippen molar-refractivity contribution in [2.75, 3.05) is 19.0 Å². The van der Waals surface area contributed by atoms with Crippen LogP contribution in [-0.2, 0) is 14.3 Å². The van der Waals surface area contributed by atoms with Gasteiger partial charge in [-0.1, -0.05) is 0 Å². The predicted octanol–water partition coefficient (Wildman–Crippen LogP) is 1.39. The molecule has 1 heterocycles. The molecule has 2 aromatic rings. The summed E-state index contributed by atoms with van der Waals surface area (Å²) in [5, 5.41) is 5.66. The molecule has 0 saturated heterocycles. The Balaban J connectivity index is 2.03. The molecule has 0 bridgehead atoms. The highest BCUT2D eigenvalue weighted by Crippen LogP contribution is 2.21. The Morgan fingerprint density at radius 1 is 1.45 bits per heavy atom. The molecule has 0 fully saturated rings. The van der Waals surface area contributed by atoms with Gasteiger partial charge in [0.1, 0.15) is 6.04 Å². The second-order valence-electron chi connectivity index (χ2n) is 4.19. The van der Waals surface area contributed by atoms with Gasteiger partial charge in [0.15, 0.2) is 0 Å². The monoisotopic (exact) mass is 293 g/mol. The second-order valence-corrected chi connectivity index (χ2v) is 5.08. The number of rotatable bonds is 5. The number of hydrogen-bond acceptors (Lipinski definition) is 6. The summed E-state index contributed by atoms with van der Waals surface area (Å²) in [6, 6.07) is 5.02. The third kappa shape index (κ3) is 3.45. The van der Waals surface area contributed by atoms with Crippen LogP contribution in [0.4, 0.5) is 5.69 Å². The quantitative estimate of drug-likeness (QED) is 0.814. The number of hydrogen-bond donors (Lipinski definition) is 2. The molecular weight excluding hydrogens is 278 g/mol. The highest BCUT2D eigenvalue weighted by atomic mass is 32.1. The van der Waals surface area contributed by atoms with Crippen LogP contribution in [0.15, 0.2) is 23.7 Å². The number of carbonyl (C=O) groups excluding carboxylic acids is 2. The van der Waals surface area contributed by atoms with Crippen molar-refractivity contribution in [2.45, 2.75) is 13.0 Å². The zero-order valence-corrected chi connectivity index (χ0v) is 12.0. The number of fused-ring (bicyclic) bond motifs is 1. The lowest BCUT2D eigenvalue weighted by Crippen LogP contribution is -2.45. The summed E-state index contributed by atoms with van der Waals surface area (Å²) in [4.78, 5) is 26.8. The van der Waals surface area contributed by atoms with E-state index in [0.29, 0.717) is 0 Å². The molecule has 106 valence electrons. The summed E-state index contributed by atoms with van der Waals surface area (Å²) in [7, 11) is 1.29. The van der Waals surface area contributed by atoms with Gasteiger partial charge in [0.05, 0.1) is 22.8 Å². The lowest BCUT2D eigenvalue weighted by atomic mass is 10.2. The predicted molar refractivity (Wildman–Crippen MR) is 77.7 cm³/mol.